The summed E-state index contributed by atoms with van der Waals surface area (Å²) in [5.74, 6) is 0.854. The Morgan fingerprint density at radius 3 is 2.33 bits per heavy atom. The number of esters is 1. The zero-order valence-electron chi connectivity index (χ0n) is 13.2. The molecule has 0 radical (unpaired) electrons. The fourth-order valence-electron chi connectivity index (χ4n) is 1.62. The van der Waals surface area contributed by atoms with E-state index in [4.69, 9.17) is 9.47 Å². The van der Waals surface area contributed by atoms with Gasteiger partial charge in [0.15, 0.2) is 0 Å². The minimum absolute atomic E-state index is 0.0700. The number of carbonyl (C=O) groups is 1. The van der Waals surface area contributed by atoms with Crippen molar-refractivity contribution in [3.05, 3.63) is 24.3 Å². The molecule has 1 aromatic carbocycles. The molecule has 0 aliphatic heterocycles. The molecule has 0 bridgehead atoms. The van der Waals surface area contributed by atoms with E-state index in [1.54, 1.807) is 18.2 Å². The monoisotopic (exact) mass is 312 g/mol. The molecule has 0 saturated carbocycles. The molecular formula is C16H25O4P. The van der Waals surface area contributed by atoms with E-state index in [0.717, 1.165) is 0 Å². The number of rotatable bonds is 8. The Morgan fingerprint density at radius 2 is 1.71 bits per heavy atom. The van der Waals surface area contributed by atoms with Crippen molar-refractivity contribution in [2.45, 2.75) is 27.7 Å². The molecule has 0 aromatic heterocycles. The van der Waals surface area contributed by atoms with E-state index < -0.39 is 13.8 Å². The van der Waals surface area contributed by atoms with Gasteiger partial charge >= 0.3 is 5.97 Å². The predicted molar refractivity (Wildman–Crippen MR) is 86.1 cm³/mol. The summed E-state index contributed by atoms with van der Waals surface area (Å²) < 4.78 is 23.1. The molecule has 21 heavy (non-hydrogen) atoms. The molecule has 0 amide bonds. The third kappa shape index (κ3) is 6.81. The lowest BCUT2D eigenvalue weighted by Gasteiger charge is -2.13. The van der Waals surface area contributed by atoms with Crippen molar-refractivity contribution in [3.8, 4) is 5.75 Å². The van der Waals surface area contributed by atoms with Crippen molar-refractivity contribution in [2.75, 3.05) is 19.4 Å². The van der Waals surface area contributed by atoms with E-state index in [-0.39, 0.29) is 12.1 Å². The Morgan fingerprint density at radius 1 is 1.10 bits per heavy atom. The van der Waals surface area contributed by atoms with Crippen LogP contribution in [0.25, 0.3) is 0 Å². The summed E-state index contributed by atoms with van der Waals surface area (Å²) in [5.41, 5.74) is 0. The van der Waals surface area contributed by atoms with Gasteiger partial charge in [0.05, 0.1) is 18.5 Å². The van der Waals surface area contributed by atoms with Gasteiger partial charge < -0.3 is 14.0 Å². The molecule has 5 heteroatoms. The van der Waals surface area contributed by atoms with Crippen LogP contribution >= 0.6 is 7.80 Å². The summed E-state index contributed by atoms with van der Waals surface area (Å²) in [6.07, 6.45) is -0.0700. The molecule has 1 atom stereocenters. The van der Waals surface area contributed by atoms with Gasteiger partial charge in [-0.2, -0.15) is 0 Å². The molecule has 0 fully saturated rings. The first-order valence-corrected chi connectivity index (χ1v) is 8.92. The standard InChI is InChI=1S/C16H25O4P/c1-12(2)9-19-14-7-5-6-8-15(14)21(18)11-16(17)20-10-13(3)4/h5-8,12-13,21H,9-11H2,1-4H3. The molecule has 0 aliphatic carbocycles. The third-order valence-corrected chi connectivity index (χ3v) is 4.27. The SMILES string of the molecule is CC(C)COC(=O)C[PH](=O)c1ccccc1OCC(C)C. The topological polar surface area (TPSA) is 52.6 Å². The summed E-state index contributed by atoms with van der Waals surface area (Å²) in [5, 5.41) is 0.615. The number of benzene rings is 1. The van der Waals surface area contributed by atoms with E-state index in [9.17, 15) is 9.36 Å². The van der Waals surface area contributed by atoms with Crippen molar-refractivity contribution >= 4 is 19.1 Å². The van der Waals surface area contributed by atoms with E-state index in [1.165, 1.54) is 0 Å². The van der Waals surface area contributed by atoms with Gasteiger partial charge in [0, 0.05) is 0 Å². The van der Waals surface area contributed by atoms with Crippen LogP contribution in [0.15, 0.2) is 24.3 Å². The summed E-state index contributed by atoms with van der Waals surface area (Å²) in [7, 11) is -2.24. The Bertz CT molecular complexity index is 483. The minimum Gasteiger partial charge on any atom is -0.493 e. The molecule has 0 N–H and O–H groups in total. The average Bonchev–Trinajstić information content (AvgIpc) is 2.43. The zero-order valence-corrected chi connectivity index (χ0v) is 14.2. The van der Waals surface area contributed by atoms with Crippen LogP contribution < -0.4 is 10.0 Å². The number of ether oxygens (including phenoxy) is 2. The molecule has 0 heterocycles. The van der Waals surface area contributed by atoms with Gasteiger partial charge in [-0.25, -0.2) is 0 Å². The van der Waals surface area contributed by atoms with Crippen molar-refractivity contribution in [2.24, 2.45) is 11.8 Å². The third-order valence-electron chi connectivity index (χ3n) is 2.64. The smallest absolute Gasteiger partial charge is 0.313 e. The van der Waals surface area contributed by atoms with Crippen molar-refractivity contribution in [1.29, 1.82) is 0 Å². The second-order valence-corrected chi connectivity index (χ2v) is 7.62. The van der Waals surface area contributed by atoms with Gasteiger partial charge in [-0.15, -0.1) is 0 Å². The summed E-state index contributed by atoms with van der Waals surface area (Å²) in [6.45, 7) is 8.95. The highest BCUT2D eigenvalue weighted by molar-refractivity contribution is 7.54. The Labute approximate surface area is 127 Å². The molecule has 0 aliphatic rings. The van der Waals surface area contributed by atoms with Gasteiger partial charge in [0.2, 0.25) is 0 Å². The summed E-state index contributed by atoms with van der Waals surface area (Å²) >= 11 is 0. The molecule has 1 rings (SSSR count). The normalized spacial score (nSPS) is 12.5. The molecular weight excluding hydrogens is 287 g/mol. The highest BCUT2D eigenvalue weighted by Gasteiger charge is 2.16. The van der Waals surface area contributed by atoms with Gasteiger partial charge in [-0.1, -0.05) is 39.8 Å². The van der Waals surface area contributed by atoms with Crippen molar-refractivity contribution < 1.29 is 18.8 Å². The van der Waals surface area contributed by atoms with Crippen molar-refractivity contribution in [3.63, 3.8) is 0 Å². The van der Waals surface area contributed by atoms with Crippen LogP contribution in [-0.2, 0) is 14.1 Å². The molecule has 1 unspecified atom stereocenters. The van der Waals surface area contributed by atoms with Crippen LogP contribution in [-0.4, -0.2) is 25.3 Å². The van der Waals surface area contributed by atoms with Gasteiger partial charge in [0.1, 0.15) is 19.7 Å². The fourth-order valence-corrected chi connectivity index (χ4v) is 2.88. The maximum atomic E-state index is 12.4. The number of carbonyl (C=O) groups excluding carboxylic acids is 1. The van der Waals surface area contributed by atoms with E-state index in [2.05, 4.69) is 13.8 Å². The molecule has 4 nitrogen and oxygen atoms in total. The van der Waals surface area contributed by atoms with Crippen LogP contribution in [0.3, 0.4) is 0 Å². The van der Waals surface area contributed by atoms with Crippen LogP contribution in [0.4, 0.5) is 0 Å². The molecule has 0 spiro atoms. The van der Waals surface area contributed by atoms with E-state index in [0.29, 0.717) is 30.2 Å². The summed E-state index contributed by atoms with van der Waals surface area (Å²) in [4.78, 5) is 11.7. The summed E-state index contributed by atoms with van der Waals surface area (Å²) in [6, 6.07) is 7.19. The molecule has 0 saturated heterocycles. The van der Waals surface area contributed by atoms with Gasteiger partial charge in [-0.3, -0.25) is 4.79 Å². The molecule has 1 aromatic rings. The predicted octanol–water partition coefficient (Wildman–Crippen LogP) is 3.11. The lowest BCUT2D eigenvalue weighted by Crippen LogP contribution is -2.16. The maximum Gasteiger partial charge on any atom is 0.313 e. The fraction of sp³-hybridized carbons (Fsp3) is 0.562. The first kappa shape index (κ1) is 17.8. The second-order valence-electron chi connectivity index (χ2n) is 5.88. The quantitative estimate of drug-likeness (QED) is 0.547. The van der Waals surface area contributed by atoms with Crippen molar-refractivity contribution in [1.82, 2.24) is 0 Å². The average molecular weight is 312 g/mol. The highest BCUT2D eigenvalue weighted by atomic mass is 31.1. The van der Waals surface area contributed by atoms with Gasteiger partial charge in [-0.05, 0) is 24.0 Å². The highest BCUT2D eigenvalue weighted by Crippen LogP contribution is 2.26. The van der Waals surface area contributed by atoms with Crippen LogP contribution in [0, 0.1) is 11.8 Å². The van der Waals surface area contributed by atoms with Crippen LogP contribution in [0.5, 0.6) is 5.75 Å². The Kier molecular flexibility index (Phi) is 7.52. The Balaban J connectivity index is 2.67. The first-order chi connectivity index (χ1) is 9.90. The number of hydrogen-bond donors (Lipinski definition) is 0. The lowest BCUT2D eigenvalue weighted by atomic mass is 10.2. The number of para-hydroxylation sites is 1. The second kappa shape index (κ2) is 8.89. The number of hydrogen-bond acceptors (Lipinski definition) is 4. The zero-order chi connectivity index (χ0) is 15.8. The van der Waals surface area contributed by atoms with Crippen LogP contribution in [0.2, 0.25) is 0 Å². The minimum atomic E-state index is -2.24. The van der Waals surface area contributed by atoms with Gasteiger partial charge in [0.25, 0.3) is 0 Å². The largest absolute Gasteiger partial charge is 0.493 e. The Hall–Kier alpha value is -1.28. The van der Waals surface area contributed by atoms with Crippen LogP contribution in [0.1, 0.15) is 27.7 Å². The lowest BCUT2D eigenvalue weighted by molar-refractivity contribution is -0.141. The maximum absolute atomic E-state index is 12.4. The molecule has 118 valence electrons. The van der Waals surface area contributed by atoms with E-state index >= 15 is 0 Å². The van der Waals surface area contributed by atoms with E-state index in [1.807, 2.05) is 19.9 Å². The first-order valence-electron chi connectivity index (χ1n) is 7.30.